The van der Waals surface area contributed by atoms with E-state index >= 15 is 0 Å². The minimum Gasteiger partial charge on any atom is 0 e. The van der Waals surface area contributed by atoms with E-state index in [0.29, 0.717) is 0 Å². The zero-order valence-corrected chi connectivity index (χ0v) is 9.10. The summed E-state index contributed by atoms with van der Waals surface area (Å²) in [7, 11) is 0. The molecule has 0 aromatic heterocycles. The van der Waals surface area contributed by atoms with Gasteiger partial charge in [0.25, 0.3) is 0 Å². The molecule has 5 nitrogen and oxygen atoms in total. The second-order valence-electron chi connectivity index (χ2n) is 0.745. The fourth-order valence-corrected chi connectivity index (χ4v) is 0. The molecule has 0 unspecified atom stereocenters. The van der Waals surface area contributed by atoms with E-state index in [0.717, 1.165) is 0 Å². The summed E-state index contributed by atoms with van der Waals surface area (Å²) in [5, 5.41) is 0. The number of hydrogen-bond donors (Lipinski definition) is 0. The largest absolute Gasteiger partial charge is 0 e. The Morgan fingerprint density at radius 2 is 0.750 bits per heavy atom. The summed E-state index contributed by atoms with van der Waals surface area (Å²) >= 11 is -8.05. The Kier molecular flexibility index (Phi) is 6.22. The van der Waals surface area contributed by atoms with Crippen LogP contribution in [0.5, 0.6) is 0 Å². The van der Waals surface area contributed by atoms with Crippen molar-refractivity contribution < 1.29 is 67.6 Å². The first-order valence-corrected chi connectivity index (χ1v) is 7.47. The van der Waals surface area contributed by atoms with Gasteiger partial charge in [-0.2, -0.15) is 0 Å². The van der Waals surface area contributed by atoms with E-state index in [1.165, 1.54) is 0 Å². The number of rotatable bonds is 0. The molecule has 0 aliphatic rings. The van der Waals surface area contributed by atoms with E-state index in [1.807, 2.05) is 0 Å². The van der Waals surface area contributed by atoms with E-state index in [-0.39, 0.29) is 35.6 Å². The van der Waals surface area contributed by atoms with Crippen LogP contribution in [0.4, 0.5) is 0 Å². The third kappa shape index (κ3) is 328. The molecular formula is MnO5TaV. The predicted molar refractivity (Wildman–Crippen MR) is 3.43 cm³/mol. The molecule has 2 radical (unpaired) electrons. The van der Waals surface area contributed by atoms with Crippen molar-refractivity contribution in [2.24, 2.45) is 0 Å². The second-order valence-corrected chi connectivity index (χ2v) is 6.10. The molecule has 0 heterocycles. The van der Waals surface area contributed by atoms with E-state index in [4.69, 9.17) is 16.3 Å². The smallest absolute Gasteiger partial charge is 0 e. The Morgan fingerprint density at radius 3 is 0.750 bits per heavy atom. The van der Waals surface area contributed by atoms with Crippen LogP contribution in [-0.4, -0.2) is 0 Å². The average molecular weight is 367 g/mol. The van der Waals surface area contributed by atoms with Crippen molar-refractivity contribution >= 4 is 0 Å². The molecule has 0 aromatic rings. The first-order valence-electron chi connectivity index (χ1n) is 0.913. The quantitative estimate of drug-likeness (QED) is 0.534. The van der Waals surface area contributed by atoms with Crippen LogP contribution < -0.4 is 0 Å². The normalized spacial score (nSPS) is 7.50. The second kappa shape index (κ2) is 3.12. The van der Waals surface area contributed by atoms with E-state index in [9.17, 15) is 0 Å². The molecule has 0 bridgehead atoms. The van der Waals surface area contributed by atoms with Gasteiger partial charge >= 0.3 is 31.9 Å². The summed E-state index contributed by atoms with van der Waals surface area (Å²) < 4.78 is 43.4. The van der Waals surface area contributed by atoms with Crippen LogP contribution in [0, 0.1) is 0 Å². The van der Waals surface area contributed by atoms with Gasteiger partial charge in [0, 0.05) is 35.6 Å². The van der Waals surface area contributed by atoms with Crippen LogP contribution >= 0.6 is 0 Å². The molecule has 0 aliphatic carbocycles. The van der Waals surface area contributed by atoms with Crippen molar-refractivity contribution in [3.8, 4) is 0 Å². The summed E-state index contributed by atoms with van der Waals surface area (Å²) in [6.45, 7) is 0. The van der Waals surface area contributed by atoms with Gasteiger partial charge in [-0.05, 0) is 0 Å². The molecule has 8 heavy (non-hydrogen) atoms. The Hall–Kier alpha value is 0.844. The van der Waals surface area contributed by atoms with Crippen LogP contribution in [0.2, 0.25) is 0 Å². The third-order valence-electron chi connectivity index (χ3n) is 0. The van der Waals surface area contributed by atoms with Crippen molar-refractivity contribution in [2.45, 2.75) is 0 Å². The van der Waals surface area contributed by atoms with Gasteiger partial charge < -0.3 is 0 Å². The first kappa shape index (κ1) is 15.9. The molecule has 0 rings (SSSR count). The average Bonchev–Trinajstić information content (AvgIpc) is 0.650. The summed E-state index contributed by atoms with van der Waals surface area (Å²) in [4.78, 5) is 0. The molecule has 0 aromatic carbocycles. The van der Waals surface area contributed by atoms with Crippen LogP contribution in [0.1, 0.15) is 0 Å². The fraction of sp³-hybridized carbons (Fsp3) is 0. The van der Waals surface area contributed by atoms with Crippen LogP contribution in [0.25, 0.3) is 0 Å². The third-order valence-corrected chi connectivity index (χ3v) is 0. The van der Waals surface area contributed by atoms with Crippen molar-refractivity contribution in [2.75, 3.05) is 0 Å². The van der Waals surface area contributed by atoms with Crippen molar-refractivity contribution in [3.05, 3.63) is 0 Å². The van der Waals surface area contributed by atoms with Gasteiger partial charge in [0.15, 0.2) is 0 Å². The van der Waals surface area contributed by atoms with Gasteiger partial charge in [-0.15, -0.1) is 0 Å². The topological polar surface area (TPSA) is 85.3 Å². The van der Waals surface area contributed by atoms with Crippen molar-refractivity contribution in [1.82, 2.24) is 0 Å². The molecular weight excluding hydrogens is 367 g/mol. The predicted octanol–water partition coefficient (Wildman–Crippen LogP) is -0.601. The standard InChI is InChI=1S/Mn.5O.Ta.V. The molecule has 47 valence electrons. The Bertz CT molecular complexity index is 282. The Labute approximate surface area is 67.2 Å². The zero-order valence-electron chi connectivity index (χ0n) is 3.31. The maximum absolute atomic E-state index is 8.67. The molecule has 0 amide bonds. The monoisotopic (exact) mass is 367 g/mol. The molecule has 0 aliphatic heterocycles. The molecule has 0 atom stereocenters. The summed E-state index contributed by atoms with van der Waals surface area (Å²) in [5.74, 6) is 0. The first-order chi connectivity index (χ1) is 2.24. The SMILES string of the molecule is [Mn].[O]=[Ta](=[O])(=[O])(=[O])=[O].[V]. The van der Waals surface area contributed by atoms with E-state index in [2.05, 4.69) is 0 Å². The van der Waals surface area contributed by atoms with Crippen LogP contribution in [0.3, 0.4) is 0 Å². The minimum absolute atomic E-state index is 0. The van der Waals surface area contributed by atoms with E-state index in [1.54, 1.807) is 0 Å². The van der Waals surface area contributed by atoms with Gasteiger partial charge in [0.2, 0.25) is 0 Å². The minimum atomic E-state index is -8.05. The van der Waals surface area contributed by atoms with Crippen LogP contribution in [0.15, 0.2) is 0 Å². The van der Waals surface area contributed by atoms with Gasteiger partial charge in [0.1, 0.15) is 0 Å². The van der Waals surface area contributed by atoms with Crippen LogP contribution in [-0.2, 0) is 67.6 Å². The van der Waals surface area contributed by atoms with Gasteiger partial charge in [-0.1, -0.05) is 0 Å². The van der Waals surface area contributed by atoms with Crippen molar-refractivity contribution in [1.29, 1.82) is 0 Å². The summed E-state index contributed by atoms with van der Waals surface area (Å²) in [6.07, 6.45) is 0. The van der Waals surface area contributed by atoms with Crippen molar-refractivity contribution in [3.63, 3.8) is 0 Å². The number of hydrogen-bond acceptors (Lipinski definition) is 5. The maximum Gasteiger partial charge on any atom is 0 e. The van der Waals surface area contributed by atoms with E-state index < -0.39 is 15.7 Å². The molecule has 8 heteroatoms. The summed E-state index contributed by atoms with van der Waals surface area (Å²) in [5.41, 5.74) is 0. The Balaban J connectivity index is -0.000000125. The molecule has 0 saturated carbocycles. The van der Waals surface area contributed by atoms with Gasteiger partial charge in [-0.25, -0.2) is 0 Å². The van der Waals surface area contributed by atoms with Gasteiger partial charge in [0.05, 0.1) is 0 Å². The maximum atomic E-state index is 8.67. The Morgan fingerprint density at radius 1 is 0.750 bits per heavy atom. The molecule has 0 spiro atoms. The summed E-state index contributed by atoms with van der Waals surface area (Å²) in [6, 6.07) is 0. The van der Waals surface area contributed by atoms with Gasteiger partial charge in [-0.3, -0.25) is 0 Å². The molecule has 0 fully saturated rings. The molecule has 0 saturated heterocycles. The zero-order chi connectivity index (χ0) is 5.45. The molecule has 0 N–H and O–H groups in total. The fourth-order valence-electron chi connectivity index (χ4n) is 0.